The maximum atomic E-state index is 10.6. The lowest BCUT2D eigenvalue weighted by Crippen LogP contribution is -2.33. The Labute approximate surface area is 88.7 Å². The molecule has 0 bridgehead atoms. The molecule has 0 saturated heterocycles. The highest BCUT2D eigenvalue weighted by molar-refractivity contribution is 9.10. The first-order chi connectivity index (χ1) is 6.52. The lowest BCUT2D eigenvalue weighted by molar-refractivity contribution is -0.131. The maximum absolute atomic E-state index is 10.6. The predicted molar refractivity (Wildman–Crippen MR) is 52.1 cm³/mol. The SMILES string of the molecule is NC(=O)C(O)C(O)c1ccc(Br)nc1. The van der Waals surface area contributed by atoms with Crippen molar-refractivity contribution in [1.82, 2.24) is 4.98 Å². The number of hydrogen-bond acceptors (Lipinski definition) is 4. The summed E-state index contributed by atoms with van der Waals surface area (Å²) < 4.78 is 0.599. The predicted octanol–water partition coefficient (Wildman–Crippen LogP) is -0.276. The summed E-state index contributed by atoms with van der Waals surface area (Å²) in [5, 5.41) is 18.6. The van der Waals surface area contributed by atoms with Crippen LogP contribution in [0.4, 0.5) is 0 Å². The molecule has 1 amide bonds. The standard InChI is InChI=1S/C8H9BrN2O3/c9-5-2-1-4(3-11-5)6(12)7(13)8(10)14/h1-3,6-7,12-13H,(H2,10,14). The van der Waals surface area contributed by atoms with Crippen LogP contribution in [0.3, 0.4) is 0 Å². The first-order valence-electron chi connectivity index (χ1n) is 3.79. The minimum atomic E-state index is -1.61. The van der Waals surface area contributed by atoms with Crippen LogP contribution in [0.1, 0.15) is 11.7 Å². The highest BCUT2D eigenvalue weighted by Crippen LogP contribution is 2.17. The number of pyridine rings is 1. The van der Waals surface area contributed by atoms with Gasteiger partial charge in [0.2, 0.25) is 5.91 Å². The number of carbonyl (C=O) groups is 1. The fourth-order valence-electron chi connectivity index (χ4n) is 0.900. The molecule has 76 valence electrons. The fraction of sp³-hybridized carbons (Fsp3) is 0.250. The van der Waals surface area contributed by atoms with E-state index in [0.717, 1.165) is 0 Å². The molecule has 0 aliphatic heterocycles. The van der Waals surface area contributed by atoms with Crippen LogP contribution in [0.25, 0.3) is 0 Å². The third-order valence-electron chi connectivity index (χ3n) is 1.68. The number of amides is 1. The summed E-state index contributed by atoms with van der Waals surface area (Å²) >= 11 is 3.11. The minimum Gasteiger partial charge on any atom is -0.385 e. The maximum Gasteiger partial charge on any atom is 0.249 e. The van der Waals surface area contributed by atoms with Gasteiger partial charge in [-0.2, -0.15) is 0 Å². The van der Waals surface area contributed by atoms with Crippen molar-refractivity contribution in [3.8, 4) is 0 Å². The number of aliphatic hydroxyl groups excluding tert-OH is 2. The largest absolute Gasteiger partial charge is 0.385 e. The Kier molecular flexibility index (Phi) is 3.56. The van der Waals surface area contributed by atoms with E-state index < -0.39 is 18.1 Å². The molecule has 0 spiro atoms. The van der Waals surface area contributed by atoms with Crippen LogP contribution in [0.5, 0.6) is 0 Å². The summed E-state index contributed by atoms with van der Waals surface area (Å²) in [5.41, 5.74) is 5.16. The molecule has 5 nitrogen and oxygen atoms in total. The summed E-state index contributed by atoms with van der Waals surface area (Å²) in [6.07, 6.45) is -1.60. The molecule has 2 unspecified atom stereocenters. The number of aromatic nitrogens is 1. The summed E-state index contributed by atoms with van der Waals surface area (Å²) in [7, 11) is 0. The zero-order valence-corrected chi connectivity index (χ0v) is 8.68. The number of aliphatic hydroxyl groups is 2. The van der Waals surface area contributed by atoms with Gasteiger partial charge < -0.3 is 15.9 Å². The van der Waals surface area contributed by atoms with Crippen LogP contribution < -0.4 is 5.73 Å². The number of nitrogens with two attached hydrogens (primary N) is 1. The lowest BCUT2D eigenvalue weighted by atomic mass is 10.1. The van der Waals surface area contributed by atoms with E-state index in [1.54, 1.807) is 6.07 Å². The number of carbonyl (C=O) groups excluding carboxylic acids is 1. The topological polar surface area (TPSA) is 96.4 Å². The number of nitrogens with zero attached hydrogens (tertiary/aromatic N) is 1. The van der Waals surface area contributed by atoms with E-state index in [1.165, 1.54) is 12.3 Å². The van der Waals surface area contributed by atoms with Crippen LogP contribution in [0.15, 0.2) is 22.9 Å². The van der Waals surface area contributed by atoms with E-state index in [2.05, 4.69) is 20.9 Å². The molecule has 0 fully saturated rings. The first kappa shape index (κ1) is 11.1. The summed E-state index contributed by atoms with van der Waals surface area (Å²) in [6.45, 7) is 0. The van der Waals surface area contributed by atoms with Gasteiger partial charge in [0.05, 0.1) is 0 Å². The molecule has 1 aromatic rings. The highest BCUT2D eigenvalue weighted by atomic mass is 79.9. The van der Waals surface area contributed by atoms with Crippen molar-refractivity contribution in [2.45, 2.75) is 12.2 Å². The molecule has 1 heterocycles. The Hall–Kier alpha value is -0.980. The Morgan fingerprint density at radius 2 is 2.14 bits per heavy atom. The second kappa shape index (κ2) is 4.50. The quantitative estimate of drug-likeness (QED) is 0.652. The Bertz CT molecular complexity index is 328. The van der Waals surface area contributed by atoms with Crippen molar-refractivity contribution in [2.75, 3.05) is 0 Å². The molecular weight excluding hydrogens is 252 g/mol. The zero-order valence-electron chi connectivity index (χ0n) is 7.09. The first-order valence-corrected chi connectivity index (χ1v) is 4.58. The molecule has 0 saturated carbocycles. The molecular formula is C8H9BrN2O3. The molecule has 4 N–H and O–H groups in total. The average molecular weight is 261 g/mol. The van der Waals surface area contributed by atoms with Gasteiger partial charge in [0, 0.05) is 11.8 Å². The smallest absolute Gasteiger partial charge is 0.249 e. The van der Waals surface area contributed by atoms with Gasteiger partial charge in [0.1, 0.15) is 10.7 Å². The Morgan fingerprint density at radius 3 is 2.57 bits per heavy atom. The Balaban J connectivity index is 2.84. The van der Waals surface area contributed by atoms with Crippen molar-refractivity contribution in [3.63, 3.8) is 0 Å². The fourth-order valence-corrected chi connectivity index (χ4v) is 1.13. The van der Waals surface area contributed by atoms with E-state index in [-0.39, 0.29) is 0 Å². The van der Waals surface area contributed by atoms with E-state index >= 15 is 0 Å². The van der Waals surface area contributed by atoms with Crippen molar-refractivity contribution in [3.05, 3.63) is 28.5 Å². The second-order valence-corrected chi connectivity index (χ2v) is 3.52. The van der Waals surface area contributed by atoms with E-state index in [9.17, 15) is 9.90 Å². The van der Waals surface area contributed by atoms with Crippen LogP contribution in [0.2, 0.25) is 0 Å². The van der Waals surface area contributed by atoms with Gasteiger partial charge in [0.25, 0.3) is 0 Å². The molecule has 6 heteroatoms. The molecule has 0 radical (unpaired) electrons. The van der Waals surface area contributed by atoms with Crippen molar-refractivity contribution < 1.29 is 15.0 Å². The van der Waals surface area contributed by atoms with Gasteiger partial charge in [-0.1, -0.05) is 6.07 Å². The molecule has 0 aliphatic carbocycles. The van der Waals surface area contributed by atoms with E-state index in [4.69, 9.17) is 10.8 Å². The molecule has 1 rings (SSSR count). The molecule has 0 aromatic carbocycles. The van der Waals surface area contributed by atoms with E-state index in [1.807, 2.05) is 0 Å². The highest BCUT2D eigenvalue weighted by Gasteiger charge is 2.23. The minimum absolute atomic E-state index is 0.333. The number of rotatable bonds is 3. The third kappa shape index (κ3) is 2.50. The summed E-state index contributed by atoms with van der Waals surface area (Å²) in [5.74, 6) is -0.972. The zero-order chi connectivity index (χ0) is 10.7. The van der Waals surface area contributed by atoms with Gasteiger partial charge in [-0.25, -0.2) is 4.98 Å². The van der Waals surface area contributed by atoms with Gasteiger partial charge >= 0.3 is 0 Å². The summed E-state index contributed by atoms with van der Waals surface area (Å²) in [4.78, 5) is 14.4. The Morgan fingerprint density at radius 1 is 1.50 bits per heavy atom. The van der Waals surface area contributed by atoms with Crippen molar-refractivity contribution >= 4 is 21.8 Å². The van der Waals surface area contributed by atoms with Gasteiger partial charge in [-0.15, -0.1) is 0 Å². The molecule has 2 atom stereocenters. The monoisotopic (exact) mass is 260 g/mol. The van der Waals surface area contributed by atoms with Crippen LogP contribution in [-0.4, -0.2) is 27.2 Å². The lowest BCUT2D eigenvalue weighted by Gasteiger charge is -2.14. The van der Waals surface area contributed by atoms with Gasteiger partial charge in [-0.05, 0) is 22.0 Å². The average Bonchev–Trinajstić information content (AvgIpc) is 2.16. The summed E-state index contributed by atoms with van der Waals surface area (Å²) in [6, 6.07) is 3.13. The van der Waals surface area contributed by atoms with Crippen LogP contribution in [-0.2, 0) is 4.79 Å². The number of halogens is 1. The van der Waals surface area contributed by atoms with Crippen molar-refractivity contribution in [1.29, 1.82) is 0 Å². The molecule has 1 aromatic heterocycles. The van der Waals surface area contributed by atoms with Gasteiger partial charge in [0.15, 0.2) is 6.10 Å². The van der Waals surface area contributed by atoms with Crippen LogP contribution >= 0.6 is 15.9 Å². The normalized spacial score (nSPS) is 14.8. The number of primary amides is 1. The second-order valence-electron chi connectivity index (χ2n) is 2.71. The number of hydrogen-bond donors (Lipinski definition) is 3. The molecule has 14 heavy (non-hydrogen) atoms. The van der Waals surface area contributed by atoms with Gasteiger partial charge in [-0.3, -0.25) is 4.79 Å². The van der Waals surface area contributed by atoms with E-state index in [0.29, 0.717) is 10.2 Å². The van der Waals surface area contributed by atoms with Crippen LogP contribution in [0, 0.1) is 0 Å². The molecule has 0 aliphatic rings. The third-order valence-corrected chi connectivity index (χ3v) is 2.15. The van der Waals surface area contributed by atoms with Crippen molar-refractivity contribution in [2.24, 2.45) is 5.73 Å².